The first kappa shape index (κ1) is 13.6. The van der Waals surface area contributed by atoms with E-state index in [1.54, 1.807) is 12.1 Å². The highest BCUT2D eigenvalue weighted by atomic mass is 32.2. The van der Waals surface area contributed by atoms with Crippen LogP contribution in [0.3, 0.4) is 0 Å². The van der Waals surface area contributed by atoms with E-state index in [0.717, 1.165) is 11.8 Å². The molecule has 0 aliphatic heterocycles. The maximum absolute atomic E-state index is 12.4. The van der Waals surface area contributed by atoms with E-state index in [1.807, 2.05) is 18.2 Å². The van der Waals surface area contributed by atoms with Gasteiger partial charge in [0.1, 0.15) is 0 Å². The van der Waals surface area contributed by atoms with E-state index in [-0.39, 0.29) is 6.04 Å². The minimum absolute atomic E-state index is 0.138. The molecule has 0 spiro atoms. The normalized spacial score (nSPS) is 37.6. The Kier molecular flexibility index (Phi) is 3.23. The van der Waals surface area contributed by atoms with Crippen molar-refractivity contribution in [3.63, 3.8) is 0 Å². The third-order valence-electron chi connectivity index (χ3n) is 5.54. The predicted molar refractivity (Wildman–Crippen MR) is 83.0 cm³/mol. The van der Waals surface area contributed by atoms with Crippen LogP contribution in [-0.2, 0) is 10.2 Å². The molecule has 4 saturated carbocycles. The molecule has 4 fully saturated rings. The van der Waals surface area contributed by atoms with Crippen LogP contribution in [0.4, 0.5) is 5.69 Å². The largest absolute Gasteiger partial charge is 0.299 e. The van der Waals surface area contributed by atoms with Gasteiger partial charge in [0.2, 0.25) is 0 Å². The van der Waals surface area contributed by atoms with Crippen molar-refractivity contribution < 1.29 is 8.42 Å². The highest BCUT2D eigenvalue weighted by molar-refractivity contribution is 7.90. The van der Waals surface area contributed by atoms with Crippen molar-refractivity contribution in [2.45, 2.75) is 38.1 Å². The molecule has 5 rings (SSSR count). The molecule has 4 bridgehead atoms. The Bertz CT molecular complexity index is 586. The fourth-order valence-electron chi connectivity index (χ4n) is 4.99. The lowest BCUT2D eigenvalue weighted by Crippen LogP contribution is -2.56. The van der Waals surface area contributed by atoms with Crippen molar-refractivity contribution in [1.82, 2.24) is 4.72 Å². The van der Waals surface area contributed by atoms with Crippen molar-refractivity contribution in [1.29, 1.82) is 0 Å². The van der Waals surface area contributed by atoms with Crippen LogP contribution in [0.2, 0.25) is 0 Å². The summed E-state index contributed by atoms with van der Waals surface area (Å²) in [6.45, 7) is 0. The molecule has 4 aliphatic rings. The Labute approximate surface area is 126 Å². The second-order valence-electron chi connectivity index (χ2n) is 7.05. The van der Waals surface area contributed by atoms with Crippen LogP contribution in [0.5, 0.6) is 0 Å². The lowest BCUT2D eigenvalue weighted by Gasteiger charge is -2.54. The van der Waals surface area contributed by atoms with Crippen molar-refractivity contribution in [2.75, 3.05) is 4.72 Å². The smallest absolute Gasteiger partial charge is 0.271 e. The first-order chi connectivity index (χ1) is 10.1. The number of anilines is 1. The van der Waals surface area contributed by atoms with Crippen LogP contribution < -0.4 is 9.44 Å². The summed E-state index contributed by atoms with van der Waals surface area (Å²) in [7, 11) is -3.48. The molecule has 4 nitrogen and oxygen atoms in total. The van der Waals surface area contributed by atoms with Gasteiger partial charge in [-0.25, -0.2) is 0 Å². The average molecular weight is 306 g/mol. The summed E-state index contributed by atoms with van der Waals surface area (Å²) in [6.07, 6.45) is 6.24. The summed E-state index contributed by atoms with van der Waals surface area (Å²) >= 11 is 0. The zero-order valence-corrected chi connectivity index (χ0v) is 12.9. The summed E-state index contributed by atoms with van der Waals surface area (Å²) < 4.78 is 30.3. The summed E-state index contributed by atoms with van der Waals surface area (Å²) in [6, 6.07) is 9.23. The molecule has 0 aromatic heterocycles. The molecule has 0 amide bonds. The highest BCUT2D eigenvalue weighted by Crippen LogP contribution is 2.53. The van der Waals surface area contributed by atoms with Gasteiger partial charge in [-0.2, -0.15) is 13.1 Å². The topological polar surface area (TPSA) is 58.2 Å². The second-order valence-corrected chi connectivity index (χ2v) is 8.49. The van der Waals surface area contributed by atoms with E-state index in [9.17, 15) is 8.42 Å². The van der Waals surface area contributed by atoms with Crippen LogP contribution in [0, 0.1) is 23.7 Å². The van der Waals surface area contributed by atoms with Gasteiger partial charge in [0.15, 0.2) is 0 Å². The van der Waals surface area contributed by atoms with E-state index in [4.69, 9.17) is 0 Å². The molecule has 114 valence electrons. The quantitative estimate of drug-likeness (QED) is 0.898. The molecule has 0 atom stereocenters. The molecule has 0 radical (unpaired) electrons. The van der Waals surface area contributed by atoms with Crippen LogP contribution in [0.25, 0.3) is 0 Å². The summed E-state index contributed by atoms with van der Waals surface area (Å²) in [5, 5.41) is 0. The molecular weight excluding hydrogens is 284 g/mol. The molecule has 4 aliphatic carbocycles. The van der Waals surface area contributed by atoms with Crippen molar-refractivity contribution in [3.8, 4) is 0 Å². The Morgan fingerprint density at radius 3 is 2.00 bits per heavy atom. The third kappa shape index (κ3) is 2.69. The van der Waals surface area contributed by atoms with Gasteiger partial charge in [-0.3, -0.25) is 4.72 Å². The standard InChI is InChI=1S/C16H22N2O2S/c19-21(20,17-15-4-2-1-3-5-15)18-16-13-7-11-6-12(9-13)10-14(16)8-11/h1-5,11-14,16-18H,6-10H2. The molecule has 5 heteroatoms. The molecule has 1 aromatic rings. The average Bonchev–Trinajstić information content (AvgIpc) is 2.43. The van der Waals surface area contributed by atoms with Gasteiger partial charge >= 0.3 is 0 Å². The summed E-state index contributed by atoms with van der Waals surface area (Å²) in [5.41, 5.74) is 0.619. The van der Waals surface area contributed by atoms with Crippen LogP contribution in [0.15, 0.2) is 30.3 Å². The monoisotopic (exact) mass is 306 g/mol. The zero-order chi connectivity index (χ0) is 14.4. The maximum atomic E-state index is 12.4. The fraction of sp³-hybridized carbons (Fsp3) is 0.625. The van der Waals surface area contributed by atoms with Gasteiger partial charge in [0.05, 0.1) is 0 Å². The molecular formula is C16H22N2O2S. The number of para-hydroxylation sites is 1. The molecule has 0 heterocycles. The SMILES string of the molecule is O=S(=O)(Nc1ccccc1)NC1C2CC3CC(C2)CC1C3. The van der Waals surface area contributed by atoms with E-state index in [1.165, 1.54) is 32.1 Å². The molecule has 0 unspecified atom stereocenters. The predicted octanol–water partition coefficient (Wildman–Crippen LogP) is 2.76. The summed E-state index contributed by atoms with van der Waals surface area (Å²) in [4.78, 5) is 0. The van der Waals surface area contributed by atoms with Crippen LogP contribution >= 0.6 is 0 Å². The Balaban J connectivity index is 1.48. The lowest BCUT2D eigenvalue weighted by molar-refractivity contribution is -0.00551. The van der Waals surface area contributed by atoms with Crippen molar-refractivity contribution >= 4 is 15.9 Å². The fourth-order valence-corrected chi connectivity index (χ4v) is 6.24. The van der Waals surface area contributed by atoms with Gasteiger partial charge in [0, 0.05) is 11.7 Å². The molecule has 0 saturated heterocycles. The van der Waals surface area contributed by atoms with E-state index in [2.05, 4.69) is 9.44 Å². The number of hydrogen-bond donors (Lipinski definition) is 2. The minimum Gasteiger partial charge on any atom is -0.271 e. The number of rotatable bonds is 4. The van der Waals surface area contributed by atoms with Crippen molar-refractivity contribution in [2.24, 2.45) is 23.7 Å². The lowest BCUT2D eigenvalue weighted by atomic mass is 9.54. The number of hydrogen-bond acceptors (Lipinski definition) is 2. The highest BCUT2D eigenvalue weighted by Gasteiger charge is 2.49. The van der Waals surface area contributed by atoms with Gasteiger partial charge in [-0.15, -0.1) is 0 Å². The van der Waals surface area contributed by atoms with Gasteiger partial charge in [-0.05, 0) is 67.9 Å². The second kappa shape index (κ2) is 4.99. The number of nitrogens with one attached hydrogen (secondary N) is 2. The maximum Gasteiger partial charge on any atom is 0.299 e. The number of benzene rings is 1. The minimum atomic E-state index is -3.48. The first-order valence-electron chi connectivity index (χ1n) is 7.94. The van der Waals surface area contributed by atoms with Crippen LogP contribution in [-0.4, -0.2) is 14.5 Å². The van der Waals surface area contributed by atoms with Gasteiger partial charge < -0.3 is 0 Å². The van der Waals surface area contributed by atoms with E-state index in [0.29, 0.717) is 17.5 Å². The molecule has 1 aromatic carbocycles. The van der Waals surface area contributed by atoms with Gasteiger partial charge in [0.25, 0.3) is 10.2 Å². The molecule has 2 N–H and O–H groups in total. The zero-order valence-electron chi connectivity index (χ0n) is 12.0. The van der Waals surface area contributed by atoms with Crippen molar-refractivity contribution in [3.05, 3.63) is 30.3 Å². The first-order valence-corrected chi connectivity index (χ1v) is 9.42. The van der Waals surface area contributed by atoms with E-state index < -0.39 is 10.2 Å². The van der Waals surface area contributed by atoms with Crippen LogP contribution in [0.1, 0.15) is 32.1 Å². The van der Waals surface area contributed by atoms with E-state index >= 15 is 0 Å². The van der Waals surface area contributed by atoms with Gasteiger partial charge in [-0.1, -0.05) is 18.2 Å². The third-order valence-corrected chi connectivity index (χ3v) is 6.63. The molecule has 21 heavy (non-hydrogen) atoms. The summed E-state index contributed by atoms with van der Waals surface area (Å²) in [5.74, 6) is 2.81. The Morgan fingerprint density at radius 2 is 1.43 bits per heavy atom. The Hall–Kier alpha value is -1.07. The Morgan fingerprint density at radius 1 is 0.857 bits per heavy atom.